The molecule has 4 rings (SSSR count). The molecule has 0 unspecified atom stereocenters. The molecule has 0 saturated carbocycles. The zero-order chi connectivity index (χ0) is 16.2. The second kappa shape index (κ2) is 5.25. The van der Waals surface area contributed by atoms with Gasteiger partial charge in [0.1, 0.15) is 0 Å². The summed E-state index contributed by atoms with van der Waals surface area (Å²) in [7, 11) is 5.60. The van der Waals surface area contributed by atoms with E-state index in [1.54, 1.807) is 14.2 Å². The first kappa shape index (κ1) is 15.0. The van der Waals surface area contributed by atoms with Crippen LogP contribution >= 0.6 is 0 Å². The SMILES string of the molecule is COc1cc2c3c(c1OC)[C@@]1(CCC=C[C@@H]1O)C[C@H]3N(C)CC2. The molecule has 1 aromatic carbocycles. The number of aliphatic hydroxyl groups is 1. The number of fused-ring (bicyclic) bond motifs is 1. The van der Waals surface area contributed by atoms with Crippen molar-refractivity contribution in [1.82, 2.24) is 4.90 Å². The van der Waals surface area contributed by atoms with E-state index in [0.29, 0.717) is 6.04 Å². The highest BCUT2D eigenvalue weighted by atomic mass is 16.5. The molecule has 124 valence electrons. The van der Waals surface area contributed by atoms with Gasteiger partial charge in [0.15, 0.2) is 11.5 Å². The second-order valence-electron chi connectivity index (χ2n) is 7.08. The highest BCUT2D eigenvalue weighted by molar-refractivity contribution is 5.63. The van der Waals surface area contributed by atoms with Gasteiger partial charge in [-0.15, -0.1) is 0 Å². The zero-order valence-corrected chi connectivity index (χ0v) is 14.1. The van der Waals surface area contributed by atoms with Gasteiger partial charge >= 0.3 is 0 Å². The molecule has 4 heteroatoms. The summed E-state index contributed by atoms with van der Waals surface area (Å²) in [5.74, 6) is 1.62. The van der Waals surface area contributed by atoms with E-state index in [9.17, 15) is 5.11 Å². The van der Waals surface area contributed by atoms with Crippen molar-refractivity contribution in [2.45, 2.75) is 43.2 Å². The molecule has 0 bridgehead atoms. The average Bonchev–Trinajstić information content (AvgIpc) is 2.91. The maximum Gasteiger partial charge on any atom is 0.164 e. The van der Waals surface area contributed by atoms with E-state index >= 15 is 0 Å². The summed E-state index contributed by atoms with van der Waals surface area (Å²) in [5, 5.41) is 10.9. The molecular formula is C19H25NO3. The van der Waals surface area contributed by atoms with E-state index in [0.717, 1.165) is 43.7 Å². The molecule has 3 atom stereocenters. The minimum Gasteiger partial charge on any atom is -0.493 e. The minimum absolute atomic E-state index is 0.248. The van der Waals surface area contributed by atoms with Crippen molar-refractivity contribution in [3.8, 4) is 11.5 Å². The monoisotopic (exact) mass is 315 g/mol. The predicted octanol–water partition coefficient (Wildman–Crippen LogP) is 2.59. The topological polar surface area (TPSA) is 41.9 Å². The van der Waals surface area contributed by atoms with E-state index in [4.69, 9.17) is 9.47 Å². The van der Waals surface area contributed by atoms with Crippen LogP contribution in [0.1, 0.15) is 42.0 Å². The Kier molecular flexibility index (Phi) is 3.43. The number of ether oxygens (including phenoxy) is 2. The lowest BCUT2D eigenvalue weighted by atomic mass is 9.70. The van der Waals surface area contributed by atoms with Gasteiger partial charge in [-0.25, -0.2) is 0 Å². The first-order chi connectivity index (χ1) is 11.1. The highest BCUT2D eigenvalue weighted by Gasteiger charge is 2.53. The molecule has 4 nitrogen and oxygen atoms in total. The summed E-state index contributed by atoms with van der Waals surface area (Å²) in [4.78, 5) is 2.43. The quantitative estimate of drug-likeness (QED) is 0.852. The molecule has 1 spiro atoms. The maximum atomic E-state index is 10.9. The van der Waals surface area contributed by atoms with Gasteiger partial charge < -0.3 is 14.6 Å². The van der Waals surface area contributed by atoms with Gasteiger partial charge in [-0.05, 0) is 49.9 Å². The van der Waals surface area contributed by atoms with Crippen LogP contribution < -0.4 is 9.47 Å². The molecule has 1 aromatic rings. The molecule has 0 saturated heterocycles. The number of benzene rings is 1. The lowest BCUT2D eigenvalue weighted by Gasteiger charge is -2.37. The van der Waals surface area contributed by atoms with Gasteiger partial charge in [0.2, 0.25) is 0 Å². The van der Waals surface area contributed by atoms with Gasteiger partial charge in [-0.2, -0.15) is 0 Å². The summed E-state index contributed by atoms with van der Waals surface area (Å²) in [6, 6.07) is 2.51. The molecule has 0 fully saturated rings. The van der Waals surface area contributed by atoms with Crippen molar-refractivity contribution in [2.24, 2.45) is 0 Å². The van der Waals surface area contributed by atoms with Crippen LogP contribution in [-0.2, 0) is 11.8 Å². The molecular weight excluding hydrogens is 290 g/mol. The first-order valence-corrected chi connectivity index (χ1v) is 8.45. The second-order valence-corrected chi connectivity index (χ2v) is 7.08. The fourth-order valence-electron chi connectivity index (χ4n) is 4.92. The molecule has 3 aliphatic rings. The fraction of sp³-hybridized carbons (Fsp3) is 0.579. The number of rotatable bonds is 2. The Morgan fingerprint density at radius 2 is 2.13 bits per heavy atom. The van der Waals surface area contributed by atoms with Crippen molar-refractivity contribution < 1.29 is 14.6 Å². The van der Waals surface area contributed by atoms with Gasteiger partial charge in [-0.3, -0.25) is 4.90 Å². The maximum absolute atomic E-state index is 10.9. The summed E-state index contributed by atoms with van der Waals surface area (Å²) >= 11 is 0. The Balaban J connectivity index is 2.02. The number of allylic oxidation sites excluding steroid dienone is 1. The van der Waals surface area contributed by atoms with E-state index < -0.39 is 6.10 Å². The Labute approximate surface area is 137 Å². The number of hydrogen-bond donors (Lipinski definition) is 1. The van der Waals surface area contributed by atoms with Gasteiger partial charge in [0.05, 0.1) is 20.3 Å². The molecule has 1 aliphatic heterocycles. The van der Waals surface area contributed by atoms with Gasteiger partial charge in [0, 0.05) is 23.6 Å². The zero-order valence-electron chi connectivity index (χ0n) is 14.1. The summed E-state index contributed by atoms with van der Waals surface area (Å²) in [6.07, 6.45) is 7.55. The summed E-state index contributed by atoms with van der Waals surface area (Å²) < 4.78 is 11.4. The summed E-state index contributed by atoms with van der Waals surface area (Å²) in [5.41, 5.74) is 3.69. The average molecular weight is 315 g/mol. The molecule has 23 heavy (non-hydrogen) atoms. The number of aliphatic hydroxyl groups excluding tert-OH is 1. The van der Waals surface area contributed by atoms with E-state index in [-0.39, 0.29) is 5.41 Å². The largest absolute Gasteiger partial charge is 0.493 e. The number of likely N-dealkylation sites (N-methyl/N-ethyl adjacent to an activating group) is 1. The molecule has 1 N–H and O–H groups in total. The third-order valence-corrected chi connectivity index (χ3v) is 6.09. The van der Waals surface area contributed by atoms with Crippen LogP contribution in [0.25, 0.3) is 0 Å². The van der Waals surface area contributed by atoms with Crippen LogP contribution in [0.2, 0.25) is 0 Å². The third kappa shape index (κ3) is 1.91. The van der Waals surface area contributed by atoms with Crippen LogP contribution in [0.5, 0.6) is 11.5 Å². The fourth-order valence-corrected chi connectivity index (χ4v) is 4.92. The highest BCUT2D eigenvalue weighted by Crippen LogP contribution is 2.60. The van der Waals surface area contributed by atoms with Crippen molar-refractivity contribution in [2.75, 3.05) is 27.8 Å². The number of methoxy groups -OCH3 is 2. The molecule has 0 radical (unpaired) electrons. The molecule has 0 amide bonds. The smallest absolute Gasteiger partial charge is 0.164 e. The lowest BCUT2D eigenvalue weighted by Crippen LogP contribution is -2.39. The standard InChI is InChI=1S/C19H25NO3/c1-20-9-7-12-10-14(22-2)18(23-3)17-16(12)13(20)11-19(17)8-5-4-6-15(19)21/h4,6,10,13,15,21H,5,7-9,11H2,1-3H3/t13-,15+,19+/m1/s1. The van der Waals surface area contributed by atoms with Gasteiger partial charge in [-0.1, -0.05) is 12.2 Å². The summed E-state index contributed by atoms with van der Waals surface area (Å²) in [6.45, 7) is 1.05. The van der Waals surface area contributed by atoms with Crippen LogP contribution in [0.15, 0.2) is 18.2 Å². The van der Waals surface area contributed by atoms with E-state index in [1.807, 2.05) is 6.08 Å². The van der Waals surface area contributed by atoms with E-state index in [1.165, 1.54) is 16.7 Å². The molecule has 2 aliphatic carbocycles. The van der Waals surface area contributed by atoms with Crippen molar-refractivity contribution in [3.05, 3.63) is 34.9 Å². The Morgan fingerprint density at radius 1 is 1.30 bits per heavy atom. The van der Waals surface area contributed by atoms with E-state index in [2.05, 4.69) is 24.1 Å². The first-order valence-electron chi connectivity index (χ1n) is 8.45. The van der Waals surface area contributed by atoms with Crippen molar-refractivity contribution in [1.29, 1.82) is 0 Å². The molecule has 0 aromatic heterocycles. The van der Waals surface area contributed by atoms with Crippen LogP contribution in [-0.4, -0.2) is 43.9 Å². The Morgan fingerprint density at radius 3 is 2.83 bits per heavy atom. The van der Waals surface area contributed by atoms with Crippen LogP contribution in [0.4, 0.5) is 0 Å². The lowest BCUT2D eigenvalue weighted by molar-refractivity contribution is 0.0874. The normalized spacial score (nSPS) is 32.2. The minimum atomic E-state index is -0.458. The Bertz CT molecular complexity index is 669. The molecule has 1 heterocycles. The third-order valence-electron chi connectivity index (χ3n) is 6.09. The van der Waals surface area contributed by atoms with Crippen LogP contribution in [0, 0.1) is 0 Å². The van der Waals surface area contributed by atoms with Crippen molar-refractivity contribution in [3.63, 3.8) is 0 Å². The number of hydrogen-bond acceptors (Lipinski definition) is 4. The van der Waals surface area contributed by atoms with Crippen LogP contribution in [0.3, 0.4) is 0 Å². The Hall–Kier alpha value is -1.52. The van der Waals surface area contributed by atoms with Gasteiger partial charge in [0.25, 0.3) is 0 Å². The van der Waals surface area contributed by atoms with Crippen molar-refractivity contribution >= 4 is 0 Å². The predicted molar refractivity (Wildman–Crippen MR) is 89.3 cm³/mol. The number of nitrogens with zero attached hydrogens (tertiary/aromatic N) is 1.